The first-order chi connectivity index (χ1) is 7.29. The summed E-state index contributed by atoms with van der Waals surface area (Å²) >= 11 is 1.80. The van der Waals surface area contributed by atoms with Crippen molar-refractivity contribution in [1.82, 2.24) is 5.32 Å². The largest absolute Gasteiger partial charge is 0.311 e. The Morgan fingerprint density at radius 1 is 1.53 bits per heavy atom. The van der Waals surface area contributed by atoms with E-state index in [1.807, 2.05) is 0 Å². The van der Waals surface area contributed by atoms with Crippen LogP contribution in [0.5, 0.6) is 0 Å². The number of nitrogens with one attached hydrogen (secondary N) is 1. The molecule has 1 aromatic heterocycles. The van der Waals surface area contributed by atoms with E-state index in [4.69, 9.17) is 0 Å². The molecule has 0 spiro atoms. The zero-order valence-electron chi connectivity index (χ0n) is 9.70. The van der Waals surface area contributed by atoms with Crippen LogP contribution in [0.25, 0.3) is 0 Å². The Kier molecular flexibility index (Phi) is 3.81. The molecule has 2 atom stereocenters. The Morgan fingerprint density at radius 3 is 2.87 bits per heavy atom. The summed E-state index contributed by atoms with van der Waals surface area (Å²) in [5.74, 6) is 0.972. The number of thiophene rings is 1. The normalized spacial score (nSPS) is 20.1. The maximum absolute atomic E-state index is 3.77. The molecule has 84 valence electrons. The van der Waals surface area contributed by atoms with Gasteiger partial charge in [0, 0.05) is 12.1 Å². The molecule has 0 aliphatic heterocycles. The third kappa shape index (κ3) is 3.32. The van der Waals surface area contributed by atoms with E-state index in [-0.39, 0.29) is 0 Å². The number of hydrogen-bond donors (Lipinski definition) is 1. The van der Waals surface area contributed by atoms with E-state index in [0.29, 0.717) is 6.04 Å². The highest BCUT2D eigenvalue weighted by Gasteiger charge is 2.30. The lowest BCUT2D eigenvalue weighted by molar-refractivity contribution is 0.397. The van der Waals surface area contributed by atoms with Gasteiger partial charge in [-0.15, -0.1) is 0 Å². The lowest BCUT2D eigenvalue weighted by atomic mass is 10.1. The Labute approximate surface area is 96.9 Å². The SMILES string of the molecule is CCC(NC(C)Cc1ccsc1)C1CC1. The first-order valence-corrected chi connectivity index (χ1v) is 7.01. The maximum atomic E-state index is 3.77. The fourth-order valence-corrected chi connectivity index (χ4v) is 2.95. The van der Waals surface area contributed by atoms with Crippen LogP contribution >= 0.6 is 11.3 Å². The molecule has 0 amide bonds. The van der Waals surface area contributed by atoms with Crippen LogP contribution in [-0.2, 0) is 6.42 Å². The Hall–Kier alpha value is -0.340. The first kappa shape index (κ1) is 11.2. The third-order valence-corrected chi connectivity index (χ3v) is 3.98. The van der Waals surface area contributed by atoms with Gasteiger partial charge in [-0.05, 0) is 60.9 Å². The molecule has 0 aromatic carbocycles. The van der Waals surface area contributed by atoms with Crippen LogP contribution < -0.4 is 5.32 Å². The van der Waals surface area contributed by atoms with Crippen molar-refractivity contribution in [2.24, 2.45) is 5.92 Å². The third-order valence-electron chi connectivity index (χ3n) is 3.25. The smallest absolute Gasteiger partial charge is 0.00953 e. The molecule has 1 N–H and O–H groups in total. The van der Waals surface area contributed by atoms with Gasteiger partial charge < -0.3 is 5.32 Å². The minimum absolute atomic E-state index is 0.616. The van der Waals surface area contributed by atoms with Crippen LogP contribution in [0.15, 0.2) is 16.8 Å². The highest BCUT2D eigenvalue weighted by Crippen LogP contribution is 2.34. The predicted octanol–water partition coefficient (Wildman–Crippen LogP) is 3.46. The highest BCUT2D eigenvalue weighted by molar-refractivity contribution is 7.07. The monoisotopic (exact) mass is 223 g/mol. The molecule has 1 nitrogen and oxygen atoms in total. The molecule has 2 rings (SSSR count). The summed E-state index contributed by atoms with van der Waals surface area (Å²) in [5.41, 5.74) is 1.48. The fourth-order valence-electron chi connectivity index (χ4n) is 2.27. The van der Waals surface area contributed by atoms with Crippen molar-refractivity contribution in [3.8, 4) is 0 Å². The van der Waals surface area contributed by atoms with Gasteiger partial charge in [-0.3, -0.25) is 0 Å². The zero-order valence-corrected chi connectivity index (χ0v) is 10.5. The van der Waals surface area contributed by atoms with Crippen LogP contribution in [0.2, 0.25) is 0 Å². The summed E-state index contributed by atoms with van der Waals surface area (Å²) in [6.07, 6.45) is 5.33. The van der Waals surface area contributed by atoms with Crippen molar-refractivity contribution in [2.75, 3.05) is 0 Å². The Balaban J connectivity index is 1.78. The predicted molar refractivity (Wildman–Crippen MR) is 67.4 cm³/mol. The Morgan fingerprint density at radius 2 is 2.33 bits per heavy atom. The second-order valence-electron chi connectivity index (χ2n) is 4.76. The maximum Gasteiger partial charge on any atom is 0.00953 e. The van der Waals surface area contributed by atoms with Crippen LogP contribution in [0.4, 0.5) is 0 Å². The van der Waals surface area contributed by atoms with Gasteiger partial charge in [0.2, 0.25) is 0 Å². The second-order valence-corrected chi connectivity index (χ2v) is 5.54. The first-order valence-electron chi connectivity index (χ1n) is 6.06. The molecule has 2 heteroatoms. The molecular weight excluding hydrogens is 202 g/mol. The Bertz CT molecular complexity index is 277. The minimum atomic E-state index is 0.616. The average molecular weight is 223 g/mol. The molecule has 1 aliphatic carbocycles. The van der Waals surface area contributed by atoms with Crippen molar-refractivity contribution in [1.29, 1.82) is 0 Å². The van der Waals surface area contributed by atoms with Crippen molar-refractivity contribution in [2.45, 2.75) is 51.6 Å². The van der Waals surface area contributed by atoms with Crippen LogP contribution in [0, 0.1) is 5.92 Å². The van der Waals surface area contributed by atoms with E-state index in [1.54, 1.807) is 11.3 Å². The van der Waals surface area contributed by atoms with Gasteiger partial charge in [-0.1, -0.05) is 6.92 Å². The molecule has 0 bridgehead atoms. The quantitative estimate of drug-likeness (QED) is 0.779. The summed E-state index contributed by atoms with van der Waals surface area (Å²) in [6, 6.07) is 3.62. The van der Waals surface area contributed by atoms with E-state index >= 15 is 0 Å². The lowest BCUT2D eigenvalue weighted by Gasteiger charge is -2.21. The fraction of sp³-hybridized carbons (Fsp3) is 0.692. The van der Waals surface area contributed by atoms with Gasteiger partial charge >= 0.3 is 0 Å². The average Bonchev–Trinajstić information content (AvgIpc) is 2.95. The minimum Gasteiger partial charge on any atom is -0.311 e. The molecule has 1 aliphatic rings. The van der Waals surface area contributed by atoms with E-state index in [0.717, 1.165) is 12.0 Å². The molecule has 0 radical (unpaired) electrons. The van der Waals surface area contributed by atoms with E-state index in [1.165, 1.54) is 31.2 Å². The second kappa shape index (κ2) is 5.13. The van der Waals surface area contributed by atoms with Crippen molar-refractivity contribution in [3.63, 3.8) is 0 Å². The summed E-state index contributed by atoms with van der Waals surface area (Å²) in [6.45, 7) is 4.61. The summed E-state index contributed by atoms with van der Waals surface area (Å²) in [7, 11) is 0. The van der Waals surface area contributed by atoms with Crippen molar-refractivity contribution < 1.29 is 0 Å². The van der Waals surface area contributed by atoms with E-state index in [9.17, 15) is 0 Å². The molecule has 1 fully saturated rings. The van der Waals surface area contributed by atoms with Gasteiger partial charge in [0.1, 0.15) is 0 Å². The van der Waals surface area contributed by atoms with E-state index in [2.05, 4.69) is 36.0 Å². The molecule has 2 unspecified atom stereocenters. The van der Waals surface area contributed by atoms with Gasteiger partial charge in [-0.25, -0.2) is 0 Å². The number of rotatable bonds is 6. The lowest BCUT2D eigenvalue weighted by Crippen LogP contribution is -2.38. The van der Waals surface area contributed by atoms with Gasteiger partial charge in [0.05, 0.1) is 0 Å². The van der Waals surface area contributed by atoms with Gasteiger partial charge in [0.25, 0.3) is 0 Å². The molecule has 1 saturated carbocycles. The van der Waals surface area contributed by atoms with Crippen molar-refractivity contribution in [3.05, 3.63) is 22.4 Å². The standard InChI is InChI=1S/C13H21NS/c1-3-13(12-4-5-12)14-10(2)8-11-6-7-15-9-11/h6-7,9-10,12-14H,3-5,8H2,1-2H3. The van der Waals surface area contributed by atoms with Gasteiger partial charge in [-0.2, -0.15) is 11.3 Å². The molecule has 1 heterocycles. The topological polar surface area (TPSA) is 12.0 Å². The zero-order chi connectivity index (χ0) is 10.7. The molecule has 0 saturated heterocycles. The summed E-state index contributed by atoms with van der Waals surface area (Å²) in [5, 5.41) is 8.20. The summed E-state index contributed by atoms with van der Waals surface area (Å²) in [4.78, 5) is 0. The van der Waals surface area contributed by atoms with Crippen LogP contribution in [-0.4, -0.2) is 12.1 Å². The van der Waals surface area contributed by atoms with Crippen molar-refractivity contribution >= 4 is 11.3 Å². The van der Waals surface area contributed by atoms with E-state index < -0.39 is 0 Å². The number of hydrogen-bond acceptors (Lipinski definition) is 2. The molecular formula is C13H21NS. The molecule has 15 heavy (non-hydrogen) atoms. The molecule has 1 aromatic rings. The highest BCUT2D eigenvalue weighted by atomic mass is 32.1. The van der Waals surface area contributed by atoms with Crippen LogP contribution in [0.3, 0.4) is 0 Å². The summed E-state index contributed by atoms with van der Waals surface area (Å²) < 4.78 is 0. The van der Waals surface area contributed by atoms with Crippen LogP contribution in [0.1, 0.15) is 38.7 Å². The van der Waals surface area contributed by atoms with Gasteiger partial charge in [0.15, 0.2) is 0 Å².